The molecule has 0 radical (unpaired) electrons. The van der Waals surface area contributed by atoms with E-state index >= 15 is 0 Å². The molecule has 0 fully saturated rings. The van der Waals surface area contributed by atoms with Crippen LogP contribution in [0.2, 0.25) is 5.02 Å². The molecule has 3 rings (SSSR count). The first kappa shape index (κ1) is 11.5. The van der Waals surface area contributed by atoms with Crippen molar-refractivity contribution in [2.24, 2.45) is 0 Å². The number of aromatic amines is 1. The lowest BCUT2D eigenvalue weighted by Crippen LogP contribution is -1.86. The molecule has 0 atom stereocenters. The lowest BCUT2D eigenvalue weighted by Gasteiger charge is -2.08. The Morgan fingerprint density at radius 1 is 0.944 bits per heavy atom. The highest BCUT2D eigenvalue weighted by atomic mass is 35.5. The molecule has 0 saturated carbocycles. The van der Waals surface area contributed by atoms with Gasteiger partial charge in [0.25, 0.3) is 0 Å². The molecule has 0 aliphatic carbocycles. The van der Waals surface area contributed by atoms with E-state index in [1.165, 1.54) is 0 Å². The maximum absolute atomic E-state index is 6.21. The number of aromatic nitrogens is 1. The van der Waals surface area contributed by atoms with E-state index in [1.54, 1.807) is 0 Å². The first-order valence-corrected chi connectivity index (χ1v) is 6.41. The Labute approximate surface area is 115 Å². The van der Waals surface area contributed by atoms with Crippen molar-refractivity contribution in [1.82, 2.24) is 4.98 Å². The Kier molecular flexibility index (Phi) is 2.90. The van der Waals surface area contributed by atoms with Gasteiger partial charge in [0.15, 0.2) is 0 Å². The fourth-order valence-corrected chi connectivity index (χ4v) is 2.54. The van der Waals surface area contributed by atoms with Crippen molar-refractivity contribution in [1.29, 1.82) is 0 Å². The van der Waals surface area contributed by atoms with Crippen molar-refractivity contribution in [3.8, 4) is 11.1 Å². The quantitative estimate of drug-likeness (QED) is 0.600. The molecule has 88 valence electrons. The molecule has 18 heavy (non-hydrogen) atoms. The number of benzene rings is 2. The van der Waals surface area contributed by atoms with Gasteiger partial charge in [-0.1, -0.05) is 66.3 Å². The highest BCUT2D eigenvalue weighted by molar-refractivity contribution is 7.71. The third-order valence-corrected chi connectivity index (χ3v) is 3.45. The molecule has 1 nitrogen and oxygen atoms in total. The minimum Gasteiger partial charge on any atom is -0.345 e. The van der Waals surface area contributed by atoms with Gasteiger partial charge in [-0.25, -0.2) is 0 Å². The van der Waals surface area contributed by atoms with E-state index in [2.05, 4.69) is 23.2 Å². The fraction of sp³-hybridized carbons (Fsp3) is 0. The van der Waals surface area contributed by atoms with E-state index in [-0.39, 0.29) is 0 Å². The zero-order valence-electron chi connectivity index (χ0n) is 9.48. The van der Waals surface area contributed by atoms with Gasteiger partial charge in [0.05, 0.1) is 10.5 Å². The van der Waals surface area contributed by atoms with Gasteiger partial charge >= 0.3 is 0 Å². The van der Waals surface area contributed by atoms with Gasteiger partial charge < -0.3 is 4.98 Å². The van der Waals surface area contributed by atoms with Crippen molar-refractivity contribution >= 4 is 34.7 Å². The number of para-hydroxylation sites is 1. The summed E-state index contributed by atoms with van der Waals surface area (Å²) < 4.78 is 0.689. The van der Waals surface area contributed by atoms with Crippen LogP contribution in [-0.2, 0) is 0 Å². The van der Waals surface area contributed by atoms with Gasteiger partial charge in [-0.05, 0) is 23.3 Å². The monoisotopic (exact) mass is 271 g/mol. The predicted molar refractivity (Wildman–Crippen MR) is 79.6 cm³/mol. The summed E-state index contributed by atoms with van der Waals surface area (Å²) in [5.41, 5.74) is 3.15. The van der Waals surface area contributed by atoms with Crippen molar-refractivity contribution in [2.75, 3.05) is 0 Å². The second-order valence-corrected chi connectivity index (χ2v) is 4.92. The van der Waals surface area contributed by atoms with Gasteiger partial charge in [0.2, 0.25) is 0 Å². The molecule has 1 aromatic heterocycles. The van der Waals surface area contributed by atoms with Crippen LogP contribution in [0.25, 0.3) is 22.0 Å². The molecule has 0 aliphatic rings. The normalized spacial score (nSPS) is 10.7. The number of nitrogens with one attached hydrogen (secondary N) is 1. The summed E-state index contributed by atoms with van der Waals surface area (Å²) in [4.78, 5) is 3.15. The first-order valence-electron chi connectivity index (χ1n) is 5.63. The van der Waals surface area contributed by atoms with Crippen LogP contribution in [0.4, 0.5) is 0 Å². The Morgan fingerprint density at radius 2 is 1.72 bits per heavy atom. The maximum Gasteiger partial charge on any atom is 0.104 e. The largest absolute Gasteiger partial charge is 0.345 e. The van der Waals surface area contributed by atoms with E-state index in [1.807, 2.05) is 36.4 Å². The molecule has 0 bridgehead atoms. The van der Waals surface area contributed by atoms with Crippen LogP contribution < -0.4 is 0 Å². The number of halogens is 1. The predicted octanol–water partition coefficient (Wildman–Crippen LogP) is 5.22. The summed E-state index contributed by atoms with van der Waals surface area (Å²) >= 11 is 11.5. The molecule has 0 amide bonds. The molecule has 3 aromatic rings. The zero-order valence-corrected chi connectivity index (χ0v) is 11.1. The highest BCUT2D eigenvalue weighted by Gasteiger charge is 2.06. The van der Waals surface area contributed by atoms with Crippen LogP contribution in [0.5, 0.6) is 0 Å². The summed E-state index contributed by atoms with van der Waals surface area (Å²) in [6, 6.07) is 18.0. The molecule has 1 heterocycles. The summed E-state index contributed by atoms with van der Waals surface area (Å²) in [5.74, 6) is 0. The Balaban J connectivity index is 2.43. The average Bonchev–Trinajstić information content (AvgIpc) is 2.40. The van der Waals surface area contributed by atoms with Crippen LogP contribution in [0.3, 0.4) is 0 Å². The summed E-state index contributed by atoms with van der Waals surface area (Å²) in [7, 11) is 0. The zero-order chi connectivity index (χ0) is 12.5. The van der Waals surface area contributed by atoms with E-state index in [0.29, 0.717) is 9.66 Å². The second kappa shape index (κ2) is 4.56. The Morgan fingerprint density at radius 3 is 2.50 bits per heavy atom. The third kappa shape index (κ3) is 1.94. The molecule has 0 saturated heterocycles. The van der Waals surface area contributed by atoms with E-state index in [0.717, 1.165) is 22.0 Å². The molecule has 0 spiro atoms. The Bertz CT molecular complexity index is 762. The van der Waals surface area contributed by atoms with Gasteiger partial charge in [0.1, 0.15) is 4.64 Å². The second-order valence-electron chi connectivity index (χ2n) is 4.08. The van der Waals surface area contributed by atoms with Crippen LogP contribution in [0.1, 0.15) is 0 Å². The van der Waals surface area contributed by atoms with Crippen LogP contribution in [0, 0.1) is 4.64 Å². The fourth-order valence-electron chi connectivity index (χ4n) is 2.10. The molecule has 0 aliphatic heterocycles. The van der Waals surface area contributed by atoms with Crippen LogP contribution >= 0.6 is 23.8 Å². The van der Waals surface area contributed by atoms with Gasteiger partial charge in [-0.3, -0.25) is 0 Å². The number of hydrogen-bond donors (Lipinski definition) is 1. The maximum atomic E-state index is 6.21. The van der Waals surface area contributed by atoms with Crippen molar-refractivity contribution < 1.29 is 0 Å². The van der Waals surface area contributed by atoms with E-state index in [9.17, 15) is 0 Å². The average molecular weight is 272 g/mol. The lowest BCUT2D eigenvalue weighted by atomic mass is 10.0. The van der Waals surface area contributed by atoms with Crippen molar-refractivity contribution in [3.05, 3.63) is 64.3 Å². The highest BCUT2D eigenvalue weighted by Crippen LogP contribution is 2.30. The Hall–Kier alpha value is -1.64. The molecule has 1 N–H and O–H groups in total. The molecule has 0 unspecified atom stereocenters. The third-order valence-electron chi connectivity index (χ3n) is 2.91. The van der Waals surface area contributed by atoms with E-state index in [4.69, 9.17) is 23.8 Å². The molecular formula is C15H10ClNS. The minimum atomic E-state index is 0.689. The number of pyridine rings is 1. The van der Waals surface area contributed by atoms with Gasteiger partial charge in [-0.15, -0.1) is 0 Å². The molecule has 3 heteroatoms. The molecular weight excluding hydrogens is 262 g/mol. The first-order chi connectivity index (χ1) is 8.75. The van der Waals surface area contributed by atoms with E-state index < -0.39 is 0 Å². The lowest BCUT2D eigenvalue weighted by molar-refractivity contribution is 1.38. The molecule has 2 aromatic carbocycles. The van der Waals surface area contributed by atoms with Gasteiger partial charge in [-0.2, -0.15) is 0 Å². The minimum absolute atomic E-state index is 0.689. The number of H-pyrrole nitrogens is 1. The van der Waals surface area contributed by atoms with Crippen molar-refractivity contribution in [3.63, 3.8) is 0 Å². The van der Waals surface area contributed by atoms with Crippen LogP contribution in [0.15, 0.2) is 54.6 Å². The number of fused-ring (bicyclic) bond motifs is 1. The summed E-state index contributed by atoms with van der Waals surface area (Å²) in [6.07, 6.45) is 0. The van der Waals surface area contributed by atoms with Crippen LogP contribution in [-0.4, -0.2) is 4.98 Å². The summed E-state index contributed by atoms with van der Waals surface area (Å²) in [6.45, 7) is 0. The van der Waals surface area contributed by atoms with Crippen molar-refractivity contribution in [2.45, 2.75) is 0 Å². The smallest absolute Gasteiger partial charge is 0.104 e. The number of hydrogen-bond acceptors (Lipinski definition) is 1. The number of rotatable bonds is 1. The SMILES string of the molecule is S=c1cc(-c2ccccc2)c2cccc(Cl)c2[nH]1. The topological polar surface area (TPSA) is 15.8 Å². The standard InChI is InChI=1S/C15H10ClNS/c16-13-8-4-7-11-12(9-14(18)17-15(11)13)10-5-2-1-3-6-10/h1-9H,(H,17,18). The van der Waals surface area contributed by atoms with Gasteiger partial charge in [0, 0.05) is 5.39 Å². The summed E-state index contributed by atoms with van der Waals surface area (Å²) in [5, 5.41) is 1.78.